The molecule has 0 aromatic heterocycles. The fraction of sp³-hybridized carbons (Fsp3) is 0.500. The summed E-state index contributed by atoms with van der Waals surface area (Å²) in [5.41, 5.74) is 1.28. The summed E-state index contributed by atoms with van der Waals surface area (Å²) < 4.78 is 0. The van der Waals surface area contributed by atoms with Gasteiger partial charge in [0.2, 0.25) is 11.8 Å². The van der Waals surface area contributed by atoms with Gasteiger partial charge in [-0.2, -0.15) is 0 Å². The fourth-order valence-electron chi connectivity index (χ4n) is 3.05. The second-order valence-corrected chi connectivity index (χ2v) is 6.08. The fourth-order valence-corrected chi connectivity index (χ4v) is 3.05. The van der Waals surface area contributed by atoms with Gasteiger partial charge in [-0.15, -0.1) is 0 Å². The van der Waals surface area contributed by atoms with Crippen molar-refractivity contribution in [2.45, 2.75) is 52.0 Å². The minimum atomic E-state index is -0.121. The Balaban J connectivity index is 1.85. The third-order valence-electron chi connectivity index (χ3n) is 4.32. The highest BCUT2D eigenvalue weighted by molar-refractivity contribution is 5.95. The number of nitrogens with zero attached hydrogens (tertiary/aromatic N) is 1. The summed E-state index contributed by atoms with van der Waals surface area (Å²) in [4.78, 5) is 36.9. The molecule has 0 aliphatic heterocycles. The van der Waals surface area contributed by atoms with Crippen LogP contribution < -0.4 is 5.32 Å². The van der Waals surface area contributed by atoms with E-state index in [9.17, 15) is 14.4 Å². The first-order chi connectivity index (χ1) is 11.0. The van der Waals surface area contributed by atoms with E-state index in [1.165, 1.54) is 6.92 Å². The molecule has 1 fully saturated rings. The lowest BCUT2D eigenvalue weighted by Gasteiger charge is -2.27. The number of carbonyl (C=O) groups excluding carboxylic acids is 3. The quantitative estimate of drug-likeness (QED) is 0.820. The molecule has 2 rings (SSSR count). The molecular weight excluding hydrogens is 292 g/mol. The summed E-state index contributed by atoms with van der Waals surface area (Å²) in [6.07, 6.45) is 4.66. The third-order valence-corrected chi connectivity index (χ3v) is 4.32. The van der Waals surface area contributed by atoms with E-state index in [0.717, 1.165) is 25.7 Å². The zero-order valence-corrected chi connectivity index (χ0v) is 13.8. The van der Waals surface area contributed by atoms with Crippen LogP contribution in [0.2, 0.25) is 0 Å². The van der Waals surface area contributed by atoms with Gasteiger partial charge in [0.05, 0.1) is 0 Å². The first-order valence-electron chi connectivity index (χ1n) is 8.15. The first-order valence-corrected chi connectivity index (χ1v) is 8.15. The molecule has 0 bridgehead atoms. The molecule has 1 aliphatic rings. The second kappa shape index (κ2) is 7.90. The Kier molecular flexibility index (Phi) is 5.90. The highest BCUT2D eigenvalue weighted by atomic mass is 16.2. The zero-order chi connectivity index (χ0) is 16.8. The van der Waals surface area contributed by atoms with Gasteiger partial charge in [-0.1, -0.05) is 12.8 Å². The summed E-state index contributed by atoms with van der Waals surface area (Å²) in [6, 6.07) is 7.11. The van der Waals surface area contributed by atoms with Crippen LogP contribution >= 0.6 is 0 Å². The van der Waals surface area contributed by atoms with E-state index in [4.69, 9.17) is 0 Å². The molecule has 1 saturated carbocycles. The van der Waals surface area contributed by atoms with Crippen molar-refractivity contribution < 1.29 is 14.4 Å². The minimum absolute atomic E-state index is 0.00320. The Bertz CT molecular complexity index is 574. The average Bonchev–Trinajstić information content (AvgIpc) is 3.01. The molecular formula is C18H24N2O3. The van der Waals surface area contributed by atoms with Crippen LogP contribution in [-0.4, -0.2) is 35.1 Å². The maximum Gasteiger partial charge on any atom is 0.226 e. The van der Waals surface area contributed by atoms with Crippen LogP contribution in [0, 0.1) is 0 Å². The highest BCUT2D eigenvalue weighted by Crippen LogP contribution is 2.23. The number of amides is 2. The predicted molar refractivity (Wildman–Crippen MR) is 89.3 cm³/mol. The molecule has 5 nitrogen and oxygen atoms in total. The number of ketones is 1. The van der Waals surface area contributed by atoms with Crippen molar-refractivity contribution >= 4 is 23.3 Å². The van der Waals surface area contributed by atoms with Gasteiger partial charge in [-0.3, -0.25) is 14.4 Å². The molecule has 0 heterocycles. The van der Waals surface area contributed by atoms with Crippen LogP contribution in [0.4, 0.5) is 5.69 Å². The molecule has 1 N–H and O–H groups in total. The van der Waals surface area contributed by atoms with Crippen LogP contribution in [0.1, 0.15) is 56.3 Å². The first kappa shape index (κ1) is 17.2. The maximum absolute atomic E-state index is 12.1. The van der Waals surface area contributed by atoms with Gasteiger partial charge >= 0.3 is 0 Å². The topological polar surface area (TPSA) is 66.5 Å². The number of carbonyl (C=O) groups is 3. The molecule has 2 amide bonds. The Morgan fingerprint density at radius 1 is 1.09 bits per heavy atom. The Morgan fingerprint density at radius 3 is 2.22 bits per heavy atom. The Morgan fingerprint density at radius 2 is 1.70 bits per heavy atom. The number of rotatable bonds is 6. The van der Waals surface area contributed by atoms with Crippen LogP contribution in [0.15, 0.2) is 24.3 Å². The molecule has 1 aliphatic carbocycles. The van der Waals surface area contributed by atoms with Crippen LogP contribution in [0.25, 0.3) is 0 Å². The van der Waals surface area contributed by atoms with E-state index in [0.29, 0.717) is 17.8 Å². The Hall–Kier alpha value is -2.17. The molecule has 5 heteroatoms. The van der Waals surface area contributed by atoms with Crippen LogP contribution in [-0.2, 0) is 9.59 Å². The largest absolute Gasteiger partial charge is 0.339 e. The van der Waals surface area contributed by atoms with E-state index in [1.807, 2.05) is 4.90 Å². The second-order valence-electron chi connectivity index (χ2n) is 6.08. The maximum atomic E-state index is 12.1. The van der Waals surface area contributed by atoms with Crippen LogP contribution in [0.3, 0.4) is 0 Å². The van der Waals surface area contributed by atoms with Gasteiger partial charge < -0.3 is 10.2 Å². The zero-order valence-electron chi connectivity index (χ0n) is 13.8. The molecule has 0 saturated heterocycles. The van der Waals surface area contributed by atoms with Crippen molar-refractivity contribution in [2.24, 2.45) is 0 Å². The number of hydrogen-bond acceptors (Lipinski definition) is 3. The van der Waals surface area contributed by atoms with E-state index >= 15 is 0 Å². The molecule has 1 aromatic carbocycles. The molecule has 0 unspecified atom stereocenters. The van der Waals surface area contributed by atoms with E-state index in [-0.39, 0.29) is 30.1 Å². The molecule has 124 valence electrons. The van der Waals surface area contributed by atoms with Crippen molar-refractivity contribution in [3.05, 3.63) is 29.8 Å². The summed E-state index contributed by atoms with van der Waals surface area (Å²) >= 11 is 0. The van der Waals surface area contributed by atoms with Crippen molar-refractivity contribution in [1.82, 2.24) is 4.90 Å². The van der Waals surface area contributed by atoms with Gasteiger partial charge in [0.1, 0.15) is 0 Å². The molecule has 1 aromatic rings. The van der Waals surface area contributed by atoms with E-state index < -0.39 is 0 Å². The van der Waals surface area contributed by atoms with Gasteiger partial charge in [-0.05, 0) is 44.0 Å². The smallest absolute Gasteiger partial charge is 0.226 e. The van der Waals surface area contributed by atoms with Crippen LogP contribution in [0.5, 0.6) is 0 Å². The lowest BCUT2D eigenvalue weighted by Crippen LogP contribution is -2.39. The summed E-state index contributed by atoms with van der Waals surface area (Å²) in [6.45, 7) is 3.53. The van der Waals surface area contributed by atoms with E-state index in [2.05, 4.69) is 5.32 Å². The number of nitrogens with one attached hydrogen (secondary N) is 1. The highest BCUT2D eigenvalue weighted by Gasteiger charge is 2.24. The molecule has 0 atom stereocenters. The lowest BCUT2D eigenvalue weighted by atomic mass is 10.1. The normalized spacial score (nSPS) is 14.5. The minimum Gasteiger partial charge on any atom is -0.339 e. The third kappa shape index (κ3) is 4.91. The standard InChI is InChI=1S/C18H24N2O3/c1-13(21)15-7-9-16(10-8-15)19-18(23)11-12-20(14(2)22)17-5-3-4-6-17/h7-10,17H,3-6,11-12H2,1-2H3,(H,19,23). The van der Waals surface area contributed by atoms with Crippen molar-refractivity contribution in [3.63, 3.8) is 0 Å². The number of anilines is 1. The summed E-state index contributed by atoms with van der Waals surface area (Å²) in [7, 11) is 0. The van der Waals surface area contributed by atoms with E-state index in [1.54, 1.807) is 31.2 Å². The van der Waals surface area contributed by atoms with Crippen molar-refractivity contribution in [3.8, 4) is 0 Å². The SMILES string of the molecule is CC(=O)c1ccc(NC(=O)CCN(C(C)=O)C2CCCC2)cc1. The number of hydrogen-bond donors (Lipinski definition) is 1. The van der Waals surface area contributed by atoms with Gasteiger partial charge in [0.25, 0.3) is 0 Å². The molecule has 0 spiro atoms. The Labute approximate surface area is 137 Å². The summed E-state index contributed by atoms with van der Waals surface area (Å²) in [5.74, 6) is -0.0862. The number of benzene rings is 1. The van der Waals surface area contributed by atoms with Gasteiger partial charge in [0.15, 0.2) is 5.78 Å². The van der Waals surface area contributed by atoms with Gasteiger partial charge in [-0.25, -0.2) is 0 Å². The average molecular weight is 316 g/mol. The predicted octanol–water partition coefficient (Wildman–Crippen LogP) is 3.01. The van der Waals surface area contributed by atoms with Gasteiger partial charge in [0, 0.05) is 37.2 Å². The monoisotopic (exact) mass is 316 g/mol. The molecule has 0 radical (unpaired) electrons. The van der Waals surface area contributed by atoms with Crippen molar-refractivity contribution in [2.75, 3.05) is 11.9 Å². The number of Topliss-reactive ketones (excluding diaryl/α,β-unsaturated/α-hetero) is 1. The van der Waals surface area contributed by atoms with Crippen molar-refractivity contribution in [1.29, 1.82) is 0 Å². The summed E-state index contributed by atoms with van der Waals surface area (Å²) in [5, 5.41) is 2.80. The lowest BCUT2D eigenvalue weighted by molar-refractivity contribution is -0.131. The molecule has 23 heavy (non-hydrogen) atoms.